The molecule has 0 amide bonds. The topological polar surface area (TPSA) is 67.8 Å². The number of carbonyl (C=O) groups excluding carboxylic acids is 1. The number of phenolic OH excluding ortho intramolecular Hbond substituents is 1. The average molecular weight is 329 g/mol. The molecule has 0 spiro atoms. The summed E-state index contributed by atoms with van der Waals surface area (Å²) in [5.74, 6) is -0.277. The highest BCUT2D eigenvalue weighted by Crippen LogP contribution is 2.22. The number of methoxy groups -OCH3 is 1. The molecule has 0 heterocycles. The maximum absolute atomic E-state index is 12.3. The van der Waals surface area contributed by atoms with Crippen LogP contribution >= 0.6 is 0 Å². The Morgan fingerprint density at radius 1 is 1.12 bits per heavy atom. The Balaban J connectivity index is 2.14. The first-order valence-corrected chi connectivity index (χ1v) is 7.92. The number of rotatable bonds is 8. The lowest BCUT2D eigenvalue weighted by Crippen LogP contribution is -2.33. The molecule has 0 fully saturated rings. The number of ether oxygens (including phenoxy) is 2. The highest BCUT2D eigenvalue weighted by Gasteiger charge is 2.23. The van der Waals surface area contributed by atoms with E-state index in [0.29, 0.717) is 18.7 Å². The summed E-state index contributed by atoms with van der Waals surface area (Å²) in [7, 11) is 1.63. The van der Waals surface area contributed by atoms with Gasteiger partial charge >= 0.3 is 5.97 Å². The Labute approximate surface area is 142 Å². The molecule has 2 unspecified atom stereocenters. The Bertz CT molecular complexity index is 645. The molecule has 24 heavy (non-hydrogen) atoms. The highest BCUT2D eigenvalue weighted by molar-refractivity contribution is 5.77. The normalized spacial score (nSPS) is 13.2. The number of esters is 1. The SMILES string of the molecule is CCOC(=O)C(NCC(OC)c1ccccc1)c1cccc(O)c1. The van der Waals surface area contributed by atoms with E-state index in [1.165, 1.54) is 0 Å². The number of benzene rings is 2. The molecule has 0 radical (unpaired) electrons. The van der Waals surface area contributed by atoms with Crippen molar-refractivity contribution >= 4 is 5.97 Å². The van der Waals surface area contributed by atoms with Crippen molar-refractivity contribution in [3.8, 4) is 5.75 Å². The zero-order valence-electron chi connectivity index (χ0n) is 13.9. The van der Waals surface area contributed by atoms with E-state index in [-0.39, 0.29) is 17.8 Å². The summed E-state index contributed by atoms with van der Waals surface area (Å²) < 4.78 is 10.7. The summed E-state index contributed by atoms with van der Waals surface area (Å²) in [4.78, 5) is 12.3. The quantitative estimate of drug-likeness (QED) is 0.729. The van der Waals surface area contributed by atoms with Crippen molar-refractivity contribution in [3.63, 3.8) is 0 Å². The molecule has 0 saturated carbocycles. The minimum atomic E-state index is -0.668. The number of nitrogens with one attached hydrogen (secondary N) is 1. The van der Waals surface area contributed by atoms with Crippen LogP contribution in [0, 0.1) is 0 Å². The molecule has 2 N–H and O–H groups in total. The summed E-state index contributed by atoms with van der Waals surface area (Å²) in [6.45, 7) is 2.49. The van der Waals surface area contributed by atoms with E-state index in [9.17, 15) is 9.90 Å². The Morgan fingerprint density at radius 2 is 1.83 bits per heavy atom. The molecule has 5 nitrogen and oxygen atoms in total. The summed E-state index contributed by atoms with van der Waals surface area (Å²) >= 11 is 0. The lowest BCUT2D eigenvalue weighted by atomic mass is 10.0. The molecule has 0 aliphatic heterocycles. The van der Waals surface area contributed by atoms with Crippen molar-refractivity contribution in [1.82, 2.24) is 5.32 Å². The van der Waals surface area contributed by atoms with E-state index >= 15 is 0 Å². The van der Waals surface area contributed by atoms with Gasteiger partial charge in [0.15, 0.2) is 0 Å². The molecule has 5 heteroatoms. The van der Waals surface area contributed by atoms with Crippen LogP contribution in [0.5, 0.6) is 5.75 Å². The number of hydrogen-bond acceptors (Lipinski definition) is 5. The predicted octanol–water partition coefficient (Wildman–Crippen LogP) is 2.97. The first-order valence-electron chi connectivity index (χ1n) is 7.92. The summed E-state index contributed by atoms with van der Waals surface area (Å²) in [5, 5.41) is 12.9. The van der Waals surface area contributed by atoms with Crippen LogP contribution in [-0.4, -0.2) is 31.3 Å². The van der Waals surface area contributed by atoms with Crippen molar-refractivity contribution in [1.29, 1.82) is 0 Å². The minimum Gasteiger partial charge on any atom is -0.508 e. The number of hydrogen-bond donors (Lipinski definition) is 2. The zero-order chi connectivity index (χ0) is 17.4. The molecule has 2 atom stereocenters. The average Bonchev–Trinajstić information content (AvgIpc) is 2.60. The van der Waals surface area contributed by atoms with Crippen LogP contribution < -0.4 is 5.32 Å². The van der Waals surface area contributed by atoms with Crippen molar-refractivity contribution in [2.45, 2.75) is 19.1 Å². The standard InChI is InChI=1S/C19H23NO4/c1-3-24-19(22)18(15-10-7-11-16(21)12-15)20-13-17(23-2)14-8-5-4-6-9-14/h4-12,17-18,20-21H,3,13H2,1-2H3. The molecule has 128 valence electrons. The summed E-state index contributed by atoms with van der Waals surface area (Å²) in [5.41, 5.74) is 1.67. The van der Waals surface area contributed by atoms with Crippen LogP contribution in [0.2, 0.25) is 0 Å². The summed E-state index contributed by atoms with van der Waals surface area (Å²) in [6, 6.07) is 15.7. The Hall–Kier alpha value is -2.37. The first kappa shape index (κ1) is 18.0. The molecule has 2 aromatic rings. The predicted molar refractivity (Wildman–Crippen MR) is 91.7 cm³/mol. The van der Waals surface area contributed by atoms with E-state index in [1.54, 1.807) is 38.3 Å². The van der Waals surface area contributed by atoms with Crippen LogP contribution in [0.1, 0.15) is 30.2 Å². The van der Waals surface area contributed by atoms with Crippen molar-refractivity contribution in [2.24, 2.45) is 0 Å². The number of carbonyl (C=O) groups is 1. The first-order chi connectivity index (χ1) is 11.7. The van der Waals surface area contributed by atoms with Gasteiger partial charge in [0, 0.05) is 13.7 Å². The van der Waals surface area contributed by atoms with E-state index in [2.05, 4.69) is 5.32 Å². The van der Waals surface area contributed by atoms with Crippen LogP contribution in [0.4, 0.5) is 0 Å². The summed E-state index contributed by atoms with van der Waals surface area (Å²) in [6.07, 6.45) is -0.194. The second-order valence-electron chi connectivity index (χ2n) is 5.32. The van der Waals surface area contributed by atoms with Gasteiger partial charge in [-0.3, -0.25) is 5.32 Å². The van der Waals surface area contributed by atoms with Gasteiger partial charge in [0.1, 0.15) is 11.8 Å². The number of aromatic hydroxyl groups is 1. The van der Waals surface area contributed by atoms with E-state index in [4.69, 9.17) is 9.47 Å². The molecule has 0 saturated heterocycles. The molecule has 2 rings (SSSR count). The van der Waals surface area contributed by atoms with Gasteiger partial charge < -0.3 is 14.6 Å². The lowest BCUT2D eigenvalue weighted by molar-refractivity contribution is -0.146. The van der Waals surface area contributed by atoms with Gasteiger partial charge in [-0.25, -0.2) is 4.79 Å². The van der Waals surface area contributed by atoms with Crippen LogP contribution in [-0.2, 0) is 14.3 Å². The molecular weight excluding hydrogens is 306 g/mol. The molecule has 0 aromatic heterocycles. The van der Waals surface area contributed by atoms with Crippen molar-refractivity contribution in [3.05, 3.63) is 65.7 Å². The van der Waals surface area contributed by atoms with E-state index in [0.717, 1.165) is 5.56 Å². The minimum absolute atomic E-state index is 0.106. The van der Waals surface area contributed by atoms with E-state index in [1.807, 2.05) is 30.3 Å². The third-order valence-electron chi connectivity index (χ3n) is 3.69. The Morgan fingerprint density at radius 3 is 2.46 bits per heavy atom. The number of phenols is 1. The third kappa shape index (κ3) is 4.81. The fraction of sp³-hybridized carbons (Fsp3) is 0.316. The molecule has 0 bridgehead atoms. The second kappa shape index (κ2) is 9.05. The maximum Gasteiger partial charge on any atom is 0.327 e. The molecule has 2 aromatic carbocycles. The fourth-order valence-corrected chi connectivity index (χ4v) is 2.50. The zero-order valence-corrected chi connectivity index (χ0v) is 13.9. The largest absolute Gasteiger partial charge is 0.508 e. The van der Waals surface area contributed by atoms with Gasteiger partial charge in [0.2, 0.25) is 0 Å². The second-order valence-corrected chi connectivity index (χ2v) is 5.32. The highest BCUT2D eigenvalue weighted by atomic mass is 16.5. The maximum atomic E-state index is 12.3. The Kier molecular flexibility index (Phi) is 6.78. The molecule has 0 aliphatic carbocycles. The van der Waals surface area contributed by atoms with Gasteiger partial charge in [0.25, 0.3) is 0 Å². The van der Waals surface area contributed by atoms with Gasteiger partial charge in [-0.15, -0.1) is 0 Å². The van der Waals surface area contributed by atoms with Crippen molar-refractivity contribution < 1.29 is 19.4 Å². The van der Waals surface area contributed by atoms with Crippen LogP contribution in [0.3, 0.4) is 0 Å². The van der Waals surface area contributed by atoms with Gasteiger partial charge in [-0.1, -0.05) is 42.5 Å². The van der Waals surface area contributed by atoms with E-state index < -0.39 is 6.04 Å². The smallest absolute Gasteiger partial charge is 0.327 e. The van der Waals surface area contributed by atoms with Gasteiger partial charge in [-0.05, 0) is 30.2 Å². The molecular formula is C19H23NO4. The van der Waals surface area contributed by atoms with Crippen LogP contribution in [0.25, 0.3) is 0 Å². The fourth-order valence-electron chi connectivity index (χ4n) is 2.50. The monoisotopic (exact) mass is 329 g/mol. The third-order valence-corrected chi connectivity index (χ3v) is 3.69. The van der Waals surface area contributed by atoms with Gasteiger partial charge in [-0.2, -0.15) is 0 Å². The van der Waals surface area contributed by atoms with Crippen LogP contribution in [0.15, 0.2) is 54.6 Å². The van der Waals surface area contributed by atoms with Gasteiger partial charge in [0.05, 0.1) is 12.7 Å². The van der Waals surface area contributed by atoms with Crippen molar-refractivity contribution in [2.75, 3.05) is 20.3 Å². The lowest BCUT2D eigenvalue weighted by Gasteiger charge is -2.22. The molecule has 0 aliphatic rings.